The molecule has 2 aliphatic rings. The van der Waals surface area contributed by atoms with Crippen LogP contribution in [0.5, 0.6) is 0 Å². The minimum Gasteiger partial charge on any atom is -0.378 e. The maximum absolute atomic E-state index is 5.75. The quantitative estimate of drug-likeness (QED) is 0.719. The van der Waals surface area contributed by atoms with Gasteiger partial charge in [0, 0.05) is 19.2 Å². The summed E-state index contributed by atoms with van der Waals surface area (Å²) in [7, 11) is 0. The predicted octanol–water partition coefficient (Wildman–Crippen LogP) is 1.94. The Balaban J connectivity index is 1.72. The molecule has 0 aromatic rings. The summed E-state index contributed by atoms with van der Waals surface area (Å²) in [6.07, 6.45) is 7.11. The monoisotopic (exact) mass is 183 g/mol. The molecule has 1 aliphatic carbocycles. The largest absolute Gasteiger partial charge is 0.378 e. The van der Waals surface area contributed by atoms with E-state index in [1.165, 1.54) is 38.6 Å². The van der Waals surface area contributed by atoms with E-state index in [2.05, 4.69) is 12.2 Å². The summed E-state index contributed by atoms with van der Waals surface area (Å²) in [5, 5.41) is 3.61. The summed E-state index contributed by atoms with van der Waals surface area (Å²) in [6.45, 7) is 4.40. The van der Waals surface area contributed by atoms with Crippen molar-refractivity contribution in [3.8, 4) is 0 Å². The maximum atomic E-state index is 5.75. The third-order valence-corrected chi connectivity index (χ3v) is 3.23. The summed E-state index contributed by atoms with van der Waals surface area (Å²) in [5.74, 6) is 0.777. The Morgan fingerprint density at radius 1 is 1.31 bits per heavy atom. The summed E-state index contributed by atoms with van der Waals surface area (Å²) < 4.78 is 5.75. The van der Waals surface area contributed by atoms with Crippen molar-refractivity contribution in [1.82, 2.24) is 5.32 Å². The molecule has 2 heteroatoms. The third-order valence-electron chi connectivity index (χ3n) is 3.23. The zero-order valence-corrected chi connectivity index (χ0v) is 8.59. The van der Waals surface area contributed by atoms with Crippen LogP contribution in [-0.4, -0.2) is 25.3 Å². The van der Waals surface area contributed by atoms with E-state index in [9.17, 15) is 0 Å². The molecule has 0 aromatic carbocycles. The van der Waals surface area contributed by atoms with Crippen LogP contribution in [0, 0.1) is 5.92 Å². The van der Waals surface area contributed by atoms with E-state index in [0.717, 1.165) is 18.6 Å². The zero-order valence-electron chi connectivity index (χ0n) is 8.59. The van der Waals surface area contributed by atoms with Gasteiger partial charge >= 0.3 is 0 Å². The highest BCUT2D eigenvalue weighted by Gasteiger charge is 2.27. The Labute approximate surface area is 81.0 Å². The van der Waals surface area contributed by atoms with Crippen LogP contribution in [0.15, 0.2) is 0 Å². The molecule has 2 atom stereocenters. The van der Waals surface area contributed by atoms with Crippen LogP contribution in [0.25, 0.3) is 0 Å². The van der Waals surface area contributed by atoms with Gasteiger partial charge in [-0.3, -0.25) is 0 Å². The lowest BCUT2D eigenvalue weighted by molar-refractivity contribution is -0.0274. The molecule has 2 rings (SSSR count). The minimum atomic E-state index is 0.528. The Hall–Kier alpha value is -0.0800. The molecule has 1 aliphatic heterocycles. The Bertz CT molecular complexity index is 156. The Morgan fingerprint density at radius 2 is 2.15 bits per heavy atom. The van der Waals surface area contributed by atoms with Crippen LogP contribution in [0.3, 0.4) is 0 Å². The molecule has 0 bridgehead atoms. The van der Waals surface area contributed by atoms with Gasteiger partial charge in [-0.15, -0.1) is 0 Å². The van der Waals surface area contributed by atoms with Gasteiger partial charge in [-0.05, 0) is 38.0 Å². The van der Waals surface area contributed by atoms with E-state index in [0.29, 0.717) is 6.10 Å². The van der Waals surface area contributed by atoms with E-state index in [4.69, 9.17) is 4.74 Å². The van der Waals surface area contributed by atoms with E-state index >= 15 is 0 Å². The van der Waals surface area contributed by atoms with Crippen LogP contribution in [0.2, 0.25) is 0 Å². The molecule has 13 heavy (non-hydrogen) atoms. The lowest BCUT2D eigenvalue weighted by atomic mass is 9.92. The van der Waals surface area contributed by atoms with Crippen LogP contribution in [0.4, 0.5) is 0 Å². The highest BCUT2D eigenvalue weighted by Crippen LogP contribution is 2.24. The van der Waals surface area contributed by atoms with Crippen LogP contribution < -0.4 is 5.32 Å². The van der Waals surface area contributed by atoms with E-state index in [1.54, 1.807) is 0 Å². The number of hydrogen-bond acceptors (Lipinski definition) is 2. The SMILES string of the molecule is CCC1OCCCC1CNC1CC1. The van der Waals surface area contributed by atoms with Crippen molar-refractivity contribution in [3.63, 3.8) is 0 Å². The van der Waals surface area contributed by atoms with E-state index in [-0.39, 0.29) is 0 Å². The van der Waals surface area contributed by atoms with Gasteiger partial charge in [0.05, 0.1) is 6.10 Å². The second-order valence-electron chi connectivity index (χ2n) is 4.40. The number of ether oxygens (including phenoxy) is 1. The fraction of sp³-hybridized carbons (Fsp3) is 1.00. The molecular formula is C11H21NO. The van der Waals surface area contributed by atoms with Gasteiger partial charge < -0.3 is 10.1 Å². The summed E-state index contributed by atoms with van der Waals surface area (Å²) >= 11 is 0. The standard InChI is InChI=1S/C11H21NO/c1-2-11-9(4-3-7-13-11)8-12-10-5-6-10/h9-12H,2-8H2,1H3. The molecule has 1 saturated heterocycles. The molecule has 76 valence electrons. The fourth-order valence-electron chi connectivity index (χ4n) is 2.19. The Kier molecular flexibility index (Phi) is 3.23. The first-order valence-electron chi connectivity index (χ1n) is 5.75. The van der Waals surface area contributed by atoms with Gasteiger partial charge in [-0.2, -0.15) is 0 Å². The minimum absolute atomic E-state index is 0.528. The molecule has 0 spiro atoms. The smallest absolute Gasteiger partial charge is 0.0612 e. The van der Waals surface area contributed by atoms with Crippen molar-refractivity contribution in [2.75, 3.05) is 13.2 Å². The van der Waals surface area contributed by atoms with Crippen LogP contribution in [0.1, 0.15) is 39.0 Å². The topological polar surface area (TPSA) is 21.3 Å². The first-order valence-corrected chi connectivity index (χ1v) is 5.75. The predicted molar refractivity (Wildman–Crippen MR) is 53.8 cm³/mol. The lowest BCUT2D eigenvalue weighted by Crippen LogP contribution is -2.37. The summed E-state index contributed by atoms with van der Waals surface area (Å²) in [5.41, 5.74) is 0. The normalized spacial score (nSPS) is 34.8. The van der Waals surface area contributed by atoms with Crippen molar-refractivity contribution < 1.29 is 4.74 Å². The maximum Gasteiger partial charge on any atom is 0.0612 e. The second kappa shape index (κ2) is 4.43. The summed E-state index contributed by atoms with van der Waals surface area (Å²) in [4.78, 5) is 0. The van der Waals surface area contributed by atoms with Gasteiger partial charge in [-0.1, -0.05) is 6.92 Å². The van der Waals surface area contributed by atoms with Crippen molar-refractivity contribution in [2.45, 2.75) is 51.2 Å². The molecule has 0 amide bonds. The van der Waals surface area contributed by atoms with Gasteiger partial charge in [0.2, 0.25) is 0 Å². The second-order valence-corrected chi connectivity index (χ2v) is 4.40. The fourth-order valence-corrected chi connectivity index (χ4v) is 2.19. The molecule has 2 fully saturated rings. The van der Waals surface area contributed by atoms with E-state index in [1.807, 2.05) is 0 Å². The van der Waals surface area contributed by atoms with Crippen molar-refractivity contribution >= 4 is 0 Å². The van der Waals surface area contributed by atoms with Crippen LogP contribution >= 0.6 is 0 Å². The molecule has 0 radical (unpaired) electrons. The molecule has 2 unspecified atom stereocenters. The lowest BCUT2D eigenvalue weighted by Gasteiger charge is -2.31. The number of nitrogens with one attached hydrogen (secondary N) is 1. The number of hydrogen-bond donors (Lipinski definition) is 1. The molecule has 2 nitrogen and oxygen atoms in total. The van der Waals surface area contributed by atoms with Crippen molar-refractivity contribution in [2.24, 2.45) is 5.92 Å². The summed E-state index contributed by atoms with van der Waals surface area (Å²) in [6, 6.07) is 0.847. The molecule has 1 saturated carbocycles. The third kappa shape index (κ3) is 2.68. The van der Waals surface area contributed by atoms with Gasteiger partial charge in [0.1, 0.15) is 0 Å². The van der Waals surface area contributed by atoms with Crippen molar-refractivity contribution in [3.05, 3.63) is 0 Å². The highest BCUT2D eigenvalue weighted by molar-refractivity contribution is 4.84. The zero-order chi connectivity index (χ0) is 9.10. The van der Waals surface area contributed by atoms with E-state index < -0.39 is 0 Å². The van der Waals surface area contributed by atoms with Gasteiger partial charge in [-0.25, -0.2) is 0 Å². The van der Waals surface area contributed by atoms with Crippen LogP contribution in [-0.2, 0) is 4.74 Å². The first kappa shape index (κ1) is 9.47. The van der Waals surface area contributed by atoms with Gasteiger partial charge in [0.25, 0.3) is 0 Å². The Morgan fingerprint density at radius 3 is 2.85 bits per heavy atom. The first-order chi connectivity index (χ1) is 6.40. The highest BCUT2D eigenvalue weighted by atomic mass is 16.5. The molecular weight excluding hydrogens is 162 g/mol. The average Bonchev–Trinajstić information content (AvgIpc) is 2.99. The molecule has 1 N–H and O–H groups in total. The molecule has 0 aromatic heterocycles. The number of rotatable bonds is 4. The average molecular weight is 183 g/mol. The molecule has 1 heterocycles. The van der Waals surface area contributed by atoms with Crippen molar-refractivity contribution in [1.29, 1.82) is 0 Å². The van der Waals surface area contributed by atoms with Gasteiger partial charge in [0.15, 0.2) is 0 Å².